The smallest absolute Gasteiger partial charge is 0.269 e. The van der Waals surface area contributed by atoms with Gasteiger partial charge in [-0.2, -0.15) is 0 Å². The summed E-state index contributed by atoms with van der Waals surface area (Å²) in [7, 11) is 0. The van der Waals surface area contributed by atoms with Crippen molar-refractivity contribution in [3.05, 3.63) is 59.5 Å². The van der Waals surface area contributed by atoms with Gasteiger partial charge in [0.05, 0.1) is 11.4 Å². The predicted molar refractivity (Wildman–Crippen MR) is 91.0 cm³/mol. The van der Waals surface area contributed by atoms with Gasteiger partial charge in [-0.15, -0.1) is 5.10 Å². The van der Waals surface area contributed by atoms with E-state index in [4.69, 9.17) is 0 Å². The summed E-state index contributed by atoms with van der Waals surface area (Å²) in [6.45, 7) is 1.76. The van der Waals surface area contributed by atoms with E-state index in [1.165, 1.54) is 0 Å². The highest BCUT2D eigenvalue weighted by atomic mass is 32.1. The van der Waals surface area contributed by atoms with E-state index in [0.717, 1.165) is 22.8 Å². The highest BCUT2D eigenvalue weighted by Gasteiger charge is 2.13. The van der Waals surface area contributed by atoms with E-state index in [1.807, 2.05) is 47.1 Å². The van der Waals surface area contributed by atoms with Crippen molar-refractivity contribution in [1.82, 2.24) is 24.0 Å². The predicted octanol–water partition coefficient (Wildman–Crippen LogP) is 2.81. The third-order valence-corrected chi connectivity index (χ3v) is 4.36. The minimum Gasteiger partial charge on any atom is -0.321 e. The molecular formula is C16H12N6OS. The third-order valence-electron chi connectivity index (χ3n) is 3.53. The zero-order chi connectivity index (χ0) is 16.5. The molecule has 0 unspecified atom stereocenters. The molecular weight excluding hydrogens is 324 g/mol. The van der Waals surface area contributed by atoms with Crippen molar-refractivity contribution in [3.63, 3.8) is 0 Å². The molecule has 8 heteroatoms. The highest BCUT2D eigenvalue weighted by Crippen LogP contribution is 2.21. The van der Waals surface area contributed by atoms with Crippen molar-refractivity contribution in [3.8, 4) is 11.3 Å². The summed E-state index contributed by atoms with van der Waals surface area (Å²) in [4.78, 5) is 21.4. The van der Waals surface area contributed by atoms with Crippen molar-refractivity contribution in [2.24, 2.45) is 0 Å². The highest BCUT2D eigenvalue weighted by molar-refractivity contribution is 7.08. The molecule has 4 aromatic rings. The Morgan fingerprint density at radius 2 is 2.08 bits per heavy atom. The SMILES string of the molecule is Cc1nnsc1C(=O)Nc1ccc(-c2cn3cccnc3n2)cc1. The number of nitrogens with zero attached hydrogens (tertiary/aromatic N) is 5. The topological polar surface area (TPSA) is 85.1 Å². The number of carbonyl (C=O) groups is 1. The van der Waals surface area contributed by atoms with Crippen LogP contribution in [0.5, 0.6) is 0 Å². The molecule has 0 saturated carbocycles. The molecule has 0 aliphatic rings. The number of hydrogen-bond acceptors (Lipinski definition) is 6. The zero-order valence-corrected chi connectivity index (χ0v) is 13.5. The maximum Gasteiger partial charge on any atom is 0.269 e. The fourth-order valence-corrected chi connectivity index (χ4v) is 2.87. The molecule has 7 nitrogen and oxygen atoms in total. The molecule has 0 aliphatic heterocycles. The summed E-state index contributed by atoms with van der Waals surface area (Å²) in [6, 6.07) is 9.36. The van der Waals surface area contributed by atoms with E-state index in [-0.39, 0.29) is 5.91 Å². The van der Waals surface area contributed by atoms with Gasteiger partial charge in [-0.25, -0.2) is 9.97 Å². The first-order chi connectivity index (χ1) is 11.7. The van der Waals surface area contributed by atoms with Gasteiger partial charge in [0, 0.05) is 29.8 Å². The second-order valence-electron chi connectivity index (χ2n) is 5.17. The average molecular weight is 336 g/mol. The minimum absolute atomic E-state index is 0.202. The Kier molecular flexibility index (Phi) is 3.51. The van der Waals surface area contributed by atoms with Gasteiger partial charge in [0.2, 0.25) is 5.78 Å². The summed E-state index contributed by atoms with van der Waals surface area (Å²) in [5.74, 6) is 0.449. The van der Waals surface area contributed by atoms with Crippen molar-refractivity contribution in [2.45, 2.75) is 6.92 Å². The molecule has 0 bridgehead atoms. The molecule has 1 amide bonds. The number of fused-ring (bicyclic) bond motifs is 1. The standard InChI is InChI=1S/C16H12N6OS/c1-10-14(24-21-20-10)15(23)18-12-5-3-11(4-6-12)13-9-22-8-2-7-17-16(22)19-13/h2-9H,1H3,(H,18,23). The average Bonchev–Trinajstić information content (AvgIpc) is 3.21. The molecule has 3 heterocycles. The third kappa shape index (κ3) is 2.63. The number of rotatable bonds is 3. The molecule has 4 rings (SSSR count). The molecule has 3 aromatic heterocycles. The summed E-state index contributed by atoms with van der Waals surface area (Å²) < 4.78 is 5.64. The van der Waals surface area contributed by atoms with Gasteiger partial charge in [-0.3, -0.25) is 9.20 Å². The lowest BCUT2D eigenvalue weighted by Crippen LogP contribution is -2.11. The number of anilines is 1. The number of aromatic nitrogens is 5. The van der Waals surface area contributed by atoms with Crippen molar-refractivity contribution >= 4 is 28.9 Å². The van der Waals surface area contributed by atoms with Gasteiger partial charge in [0.25, 0.3) is 5.91 Å². The van der Waals surface area contributed by atoms with E-state index < -0.39 is 0 Å². The van der Waals surface area contributed by atoms with E-state index in [0.29, 0.717) is 22.0 Å². The number of hydrogen-bond donors (Lipinski definition) is 1. The lowest BCUT2D eigenvalue weighted by Gasteiger charge is -2.04. The van der Waals surface area contributed by atoms with Gasteiger partial charge in [-0.05, 0) is 36.7 Å². The van der Waals surface area contributed by atoms with Gasteiger partial charge >= 0.3 is 0 Å². The summed E-state index contributed by atoms with van der Waals surface area (Å²) >= 11 is 1.09. The summed E-state index contributed by atoms with van der Waals surface area (Å²) in [5, 5.41) is 6.69. The Bertz CT molecular complexity index is 987. The van der Waals surface area contributed by atoms with Crippen LogP contribution in [-0.4, -0.2) is 29.9 Å². The quantitative estimate of drug-likeness (QED) is 0.622. The van der Waals surface area contributed by atoms with Gasteiger partial charge in [0.1, 0.15) is 4.88 Å². The first-order valence-corrected chi connectivity index (χ1v) is 7.98. The lowest BCUT2D eigenvalue weighted by molar-refractivity contribution is 0.103. The van der Waals surface area contributed by atoms with E-state index in [1.54, 1.807) is 13.1 Å². The van der Waals surface area contributed by atoms with Crippen LogP contribution in [0.3, 0.4) is 0 Å². The van der Waals surface area contributed by atoms with Crippen LogP contribution in [-0.2, 0) is 0 Å². The Morgan fingerprint density at radius 1 is 1.25 bits per heavy atom. The van der Waals surface area contributed by atoms with E-state index in [9.17, 15) is 4.79 Å². The summed E-state index contributed by atoms with van der Waals surface area (Å²) in [5.41, 5.74) is 3.12. The number of benzene rings is 1. The molecule has 118 valence electrons. The van der Waals surface area contributed by atoms with Crippen LogP contribution in [0, 0.1) is 6.92 Å². The van der Waals surface area contributed by atoms with Crippen LogP contribution in [0.2, 0.25) is 0 Å². The Hall–Kier alpha value is -3.13. The van der Waals surface area contributed by atoms with Crippen LogP contribution in [0.1, 0.15) is 15.4 Å². The Morgan fingerprint density at radius 3 is 2.79 bits per heavy atom. The van der Waals surface area contributed by atoms with Gasteiger partial charge < -0.3 is 5.32 Å². The number of amides is 1. The normalized spacial score (nSPS) is 10.9. The number of nitrogens with one attached hydrogen (secondary N) is 1. The van der Waals surface area contributed by atoms with Gasteiger partial charge in [-0.1, -0.05) is 16.6 Å². The van der Waals surface area contributed by atoms with Crippen molar-refractivity contribution < 1.29 is 4.79 Å². The second-order valence-corrected chi connectivity index (χ2v) is 5.93. The monoisotopic (exact) mass is 336 g/mol. The molecule has 0 spiro atoms. The minimum atomic E-state index is -0.202. The van der Waals surface area contributed by atoms with Crippen LogP contribution >= 0.6 is 11.5 Å². The molecule has 0 radical (unpaired) electrons. The molecule has 24 heavy (non-hydrogen) atoms. The Labute approximate surface area is 141 Å². The second kappa shape index (κ2) is 5.82. The molecule has 0 atom stereocenters. The molecule has 0 saturated heterocycles. The molecule has 0 fully saturated rings. The molecule has 1 N–H and O–H groups in total. The fourth-order valence-electron chi connectivity index (χ4n) is 2.32. The first-order valence-electron chi connectivity index (χ1n) is 7.21. The van der Waals surface area contributed by atoms with Crippen molar-refractivity contribution in [1.29, 1.82) is 0 Å². The lowest BCUT2D eigenvalue weighted by atomic mass is 10.1. The molecule has 0 aliphatic carbocycles. The maximum atomic E-state index is 12.2. The maximum absolute atomic E-state index is 12.2. The van der Waals surface area contributed by atoms with Crippen LogP contribution in [0.25, 0.3) is 17.0 Å². The molecule has 1 aromatic carbocycles. The van der Waals surface area contributed by atoms with E-state index in [2.05, 4.69) is 24.9 Å². The number of carbonyl (C=O) groups excluding carboxylic acids is 1. The van der Waals surface area contributed by atoms with Crippen molar-refractivity contribution in [2.75, 3.05) is 5.32 Å². The summed E-state index contributed by atoms with van der Waals surface area (Å²) in [6.07, 6.45) is 5.53. The first kappa shape index (κ1) is 14.5. The number of imidazole rings is 1. The van der Waals surface area contributed by atoms with Crippen LogP contribution < -0.4 is 5.32 Å². The van der Waals surface area contributed by atoms with Crippen LogP contribution in [0.4, 0.5) is 5.69 Å². The largest absolute Gasteiger partial charge is 0.321 e. The number of aryl methyl sites for hydroxylation is 1. The Balaban J connectivity index is 1.56. The van der Waals surface area contributed by atoms with Gasteiger partial charge in [0.15, 0.2) is 0 Å². The van der Waals surface area contributed by atoms with E-state index >= 15 is 0 Å². The zero-order valence-electron chi connectivity index (χ0n) is 12.7. The fraction of sp³-hybridized carbons (Fsp3) is 0.0625. The van der Waals surface area contributed by atoms with Crippen LogP contribution in [0.15, 0.2) is 48.9 Å².